The number of aryl methyl sites for hydroxylation is 1. The molecule has 2 heterocycles. The summed E-state index contributed by atoms with van der Waals surface area (Å²) in [5, 5.41) is 16.6. The van der Waals surface area contributed by atoms with Crippen LogP contribution in [0.3, 0.4) is 0 Å². The van der Waals surface area contributed by atoms with Gasteiger partial charge in [0.25, 0.3) is 5.88 Å². The molecule has 0 fully saturated rings. The fourth-order valence-electron chi connectivity index (χ4n) is 7.00. The third-order valence-corrected chi connectivity index (χ3v) is 14.8. The van der Waals surface area contributed by atoms with Crippen LogP contribution in [-0.4, -0.2) is 72.9 Å². The van der Waals surface area contributed by atoms with Crippen molar-refractivity contribution < 1.29 is 33.1 Å². The molecule has 0 aromatic carbocycles. The van der Waals surface area contributed by atoms with E-state index in [4.69, 9.17) is 18.4 Å². The van der Waals surface area contributed by atoms with Crippen LogP contribution in [0.15, 0.2) is 21.9 Å². The maximum absolute atomic E-state index is 15.1. The molecule has 10 nitrogen and oxygen atoms in total. The quantitative estimate of drug-likeness (QED) is 0.197. The Labute approximate surface area is 274 Å². The van der Waals surface area contributed by atoms with Crippen molar-refractivity contribution in [3.05, 3.63) is 45.5 Å². The van der Waals surface area contributed by atoms with Gasteiger partial charge in [-0.1, -0.05) is 47.5 Å². The zero-order valence-electron chi connectivity index (χ0n) is 29.2. The summed E-state index contributed by atoms with van der Waals surface area (Å²) in [6.07, 6.45) is 4.38. The first kappa shape index (κ1) is 34.3. The van der Waals surface area contributed by atoms with Crippen molar-refractivity contribution in [3.63, 3.8) is 0 Å². The lowest BCUT2D eigenvalue weighted by Gasteiger charge is -2.55. The van der Waals surface area contributed by atoms with Gasteiger partial charge in [-0.15, -0.1) is 0 Å². The molecular weight excluding hydrogens is 602 g/mol. The zero-order valence-corrected chi connectivity index (χ0v) is 30.2. The van der Waals surface area contributed by atoms with Gasteiger partial charge in [-0.05, 0) is 87.5 Å². The number of fused-ring (bicyclic) bond motifs is 4. The minimum atomic E-state index is -2.77. The molecule has 2 aromatic heterocycles. The Hall–Kier alpha value is -3.02. The fraction of sp³-hybridized carbons (Fsp3) is 0.657. The highest BCUT2D eigenvalue weighted by atomic mass is 28.4. The monoisotopic (exact) mass is 653 g/mol. The number of hydrogen-bond acceptors (Lipinski definition) is 10. The van der Waals surface area contributed by atoms with E-state index in [1.165, 1.54) is 0 Å². The Morgan fingerprint density at radius 1 is 1.07 bits per heavy atom. The molecule has 0 saturated heterocycles. The van der Waals surface area contributed by atoms with Gasteiger partial charge in [-0.2, -0.15) is 0 Å². The molecule has 4 atom stereocenters. The molecule has 0 spiro atoms. The van der Waals surface area contributed by atoms with Crippen LogP contribution in [0, 0.1) is 18.8 Å². The number of rotatable bonds is 11. The number of aliphatic hydroxyl groups excluding tert-OH is 1. The first-order valence-corrected chi connectivity index (χ1v) is 19.7. The molecule has 11 heteroatoms. The van der Waals surface area contributed by atoms with Crippen molar-refractivity contribution in [2.24, 2.45) is 11.8 Å². The maximum Gasteiger partial charge on any atom is 0.265 e. The number of carbonyl (C=O) groups is 2. The van der Waals surface area contributed by atoms with Gasteiger partial charge in [0.2, 0.25) is 11.7 Å². The first-order valence-electron chi connectivity index (χ1n) is 16.8. The second-order valence-electron chi connectivity index (χ2n) is 14.9. The Morgan fingerprint density at radius 3 is 2.28 bits per heavy atom. The number of carbonyl (C=O) groups excluding carboxylic acids is 2. The predicted molar refractivity (Wildman–Crippen MR) is 177 cm³/mol. The van der Waals surface area contributed by atoms with Crippen LogP contribution in [0.5, 0.6) is 11.8 Å². The lowest BCUT2D eigenvalue weighted by atomic mass is 9.58. The van der Waals surface area contributed by atoms with E-state index in [0.717, 1.165) is 36.9 Å². The molecule has 46 heavy (non-hydrogen) atoms. The number of hydrogen-bond donors (Lipinski definition) is 1. The van der Waals surface area contributed by atoms with E-state index in [9.17, 15) is 9.90 Å². The van der Waals surface area contributed by atoms with Crippen molar-refractivity contribution in [1.29, 1.82) is 0 Å². The summed E-state index contributed by atoms with van der Waals surface area (Å²) in [6.45, 7) is 17.2. The van der Waals surface area contributed by atoms with Crippen LogP contribution in [0.1, 0.15) is 110 Å². The summed E-state index contributed by atoms with van der Waals surface area (Å²) >= 11 is 0. The molecular formula is C35H51N3O7Si. The topological polar surface area (TPSA) is 124 Å². The van der Waals surface area contributed by atoms with Gasteiger partial charge in [0.05, 0.1) is 24.8 Å². The molecule has 3 aliphatic rings. The number of pyridine rings is 1. The van der Waals surface area contributed by atoms with Crippen molar-refractivity contribution >= 4 is 19.9 Å². The van der Waals surface area contributed by atoms with Crippen molar-refractivity contribution in [3.8, 4) is 11.8 Å². The Morgan fingerprint density at radius 2 is 1.70 bits per heavy atom. The summed E-state index contributed by atoms with van der Waals surface area (Å²) in [6, 6.07) is 1.46. The molecule has 2 aromatic rings. The smallest absolute Gasteiger partial charge is 0.265 e. The molecule has 252 valence electrons. The minimum absolute atomic E-state index is 0.100. The van der Waals surface area contributed by atoms with E-state index in [1.807, 2.05) is 32.0 Å². The third kappa shape index (κ3) is 5.51. The zero-order chi connectivity index (χ0) is 33.8. The molecule has 0 aliphatic heterocycles. The Balaban J connectivity index is 1.76. The molecule has 1 N–H and O–H groups in total. The van der Waals surface area contributed by atoms with E-state index in [1.54, 1.807) is 0 Å². The Bertz CT molecular complexity index is 1540. The number of ketones is 2. The number of Topliss-reactive ketones (excluding diaryl/α,β-unsaturated/α-hetero) is 2. The summed E-state index contributed by atoms with van der Waals surface area (Å²) < 4.78 is 25.2. The van der Waals surface area contributed by atoms with Gasteiger partial charge in [-0.25, -0.2) is 4.98 Å². The van der Waals surface area contributed by atoms with Crippen LogP contribution in [-0.2, 0) is 10.8 Å². The van der Waals surface area contributed by atoms with Crippen molar-refractivity contribution in [2.45, 2.75) is 110 Å². The summed E-state index contributed by atoms with van der Waals surface area (Å²) in [7, 11) is 1.08. The van der Waals surface area contributed by atoms with Gasteiger partial charge in [0.1, 0.15) is 11.3 Å². The number of allylic oxidation sites excluding steroid dienone is 1. The largest absolute Gasteiger partial charge is 0.508 e. The van der Waals surface area contributed by atoms with Gasteiger partial charge < -0.3 is 23.5 Å². The van der Waals surface area contributed by atoms with Crippen LogP contribution >= 0.6 is 0 Å². The van der Waals surface area contributed by atoms with E-state index < -0.39 is 31.7 Å². The van der Waals surface area contributed by atoms with Gasteiger partial charge in [0.15, 0.2) is 25.5 Å². The standard InChI is InChI=1S/C35H51N3O7Si/c1-11-13-15-42-32-25-21(17-20(3)36-32)18-22-19-23-27(38(7)8)29-26(33(37-44-29)43-16-14-12-2)31(41)35(23,30(40)24(22)28(25)39)45-46(9,10)34(4,5)6/h17,22-23,27,40H,11-16,18-19H2,1-10H3/t22-,23-,27-,35-/m0/s1. The number of aliphatic hydroxyl groups is 1. The second-order valence-corrected chi connectivity index (χ2v) is 19.6. The van der Waals surface area contributed by atoms with Crippen molar-refractivity contribution in [1.82, 2.24) is 15.0 Å². The molecule has 0 saturated carbocycles. The molecule has 3 aliphatic carbocycles. The lowest BCUT2D eigenvalue weighted by molar-refractivity contribution is -0.0480. The Kier molecular flexibility index (Phi) is 9.35. The normalized spacial score (nSPS) is 24.5. The lowest BCUT2D eigenvalue weighted by Crippen LogP contribution is -2.65. The van der Waals surface area contributed by atoms with Crippen LogP contribution in [0.2, 0.25) is 18.1 Å². The first-order chi connectivity index (χ1) is 21.6. The van der Waals surface area contributed by atoms with E-state index >= 15 is 4.79 Å². The third-order valence-electron chi connectivity index (χ3n) is 10.4. The predicted octanol–water partition coefficient (Wildman–Crippen LogP) is 7.18. The van der Waals surface area contributed by atoms with Crippen LogP contribution in [0.4, 0.5) is 0 Å². The maximum atomic E-state index is 15.1. The average molecular weight is 654 g/mol. The molecule has 0 radical (unpaired) electrons. The van der Waals surface area contributed by atoms with Gasteiger partial charge in [0, 0.05) is 17.2 Å². The second kappa shape index (κ2) is 12.5. The fourth-order valence-corrected chi connectivity index (χ4v) is 8.45. The highest BCUT2D eigenvalue weighted by Gasteiger charge is 2.67. The number of aromatic nitrogens is 2. The van der Waals surface area contributed by atoms with Crippen LogP contribution < -0.4 is 9.47 Å². The molecule has 5 rings (SSSR count). The number of unbranched alkanes of at least 4 members (excludes halogenated alkanes) is 2. The van der Waals surface area contributed by atoms with Gasteiger partial charge >= 0.3 is 0 Å². The highest BCUT2D eigenvalue weighted by Crippen LogP contribution is 2.59. The van der Waals surface area contributed by atoms with E-state index in [2.05, 4.69) is 57.9 Å². The number of nitrogens with zero attached hydrogens (tertiary/aromatic N) is 3. The minimum Gasteiger partial charge on any atom is -0.508 e. The summed E-state index contributed by atoms with van der Waals surface area (Å²) in [5.74, 6) is -1.24. The molecule has 0 bridgehead atoms. The number of ether oxygens (including phenoxy) is 2. The van der Waals surface area contributed by atoms with Crippen molar-refractivity contribution in [2.75, 3.05) is 27.3 Å². The summed E-state index contributed by atoms with van der Waals surface area (Å²) in [5.41, 5.74) is 0.537. The van der Waals surface area contributed by atoms with Gasteiger partial charge in [-0.3, -0.25) is 14.5 Å². The SMILES string of the molecule is CCCCOc1nc(C)cc2c1C(=O)C1=C(O)[C@]3(O[Si](C)(C)C(C)(C)C)C(=O)c4c(OCCCC)noc4[C@@H](N(C)C)[C@@H]3C[C@@H]1C2. The molecule has 0 amide bonds. The summed E-state index contributed by atoms with van der Waals surface area (Å²) in [4.78, 5) is 36.3. The van der Waals surface area contributed by atoms with E-state index in [-0.39, 0.29) is 45.4 Å². The van der Waals surface area contributed by atoms with Crippen LogP contribution in [0.25, 0.3) is 0 Å². The molecule has 0 unspecified atom stereocenters. The van der Waals surface area contributed by atoms with E-state index in [0.29, 0.717) is 37.4 Å². The highest BCUT2D eigenvalue weighted by molar-refractivity contribution is 6.74. The average Bonchev–Trinajstić information content (AvgIpc) is 3.37.